The van der Waals surface area contributed by atoms with Gasteiger partial charge in [0.2, 0.25) is 5.95 Å². The van der Waals surface area contributed by atoms with E-state index in [1.807, 2.05) is 30.3 Å². The number of aromatic amines is 1. The number of nitrogen functional groups attached to an aromatic ring is 1. The Bertz CT molecular complexity index is 1020. The summed E-state index contributed by atoms with van der Waals surface area (Å²) < 4.78 is 0. The molecule has 0 bridgehead atoms. The summed E-state index contributed by atoms with van der Waals surface area (Å²) in [5, 5.41) is 9.38. The lowest BCUT2D eigenvalue weighted by atomic mass is 9.96. The quantitative estimate of drug-likeness (QED) is 0.656. The van der Waals surface area contributed by atoms with Gasteiger partial charge in [0, 0.05) is 5.56 Å². The summed E-state index contributed by atoms with van der Waals surface area (Å²) in [6.45, 7) is 1.72. The van der Waals surface area contributed by atoms with Crippen LogP contribution in [0.1, 0.15) is 27.2 Å². The summed E-state index contributed by atoms with van der Waals surface area (Å²) in [7, 11) is 0. The maximum atomic E-state index is 11.8. The molecule has 6 heteroatoms. The second-order valence-corrected chi connectivity index (χ2v) is 6.07. The summed E-state index contributed by atoms with van der Waals surface area (Å²) in [6, 6.07) is 14.6. The number of aromatic carboxylic acids is 1. The fourth-order valence-corrected chi connectivity index (χ4v) is 2.92. The lowest BCUT2D eigenvalue weighted by Gasteiger charge is -2.09. The van der Waals surface area contributed by atoms with Crippen LogP contribution in [0.4, 0.5) is 5.95 Å². The lowest BCUT2D eigenvalue weighted by Crippen LogP contribution is -2.17. The first-order chi connectivity index (χ1) is 12.5. The predicted molar refractivity (Wildman–Crippen MR) is 100 cm³/mol. The van der Waals surface area contributed by atoms with Crippen LogP contribution in [0.25, 0.3) is 11.1 Å². The number of hydrogen-bond donors (Lipinski definition) is 3. The van der Waals surface area contributed by atoms with Gasteiger partial charge >= 0.3 is 5.97 Å². The summed E-state index contributed by atoms with van der Waals surface area (Å²) in [6.07, 6.45) is 1.24. The lowest BCUT2D eigenvalue weighted by molar-refractivity contribution is 0.0697. The van der Waals surface area contributed by atoms with Crippen molar-refractivity contribution in [1.82, 2.24) is 9.97 Å². The van der Waals surface area contributed by atoms with Crippen LogP contribution in [0, 0.1) is 6.92 Å². The van der Waals surface area contributed by atoms with E-state index in [2.05, 4.69) is 9.97 Å². The number of hydrogen-bond acceptors (Lipinski definition) is 4. The van der Waals surface area contributed by atoms with Crippen molar-refractivity contribution in [2.45, 2.75) is 19.8 Å². The van der Waals surface area contributed by atoms with E-state index in [1.54, 1.807) is 25.1 Å². The molecule has 0 aliphatic rings. The number of carbonyl (C=O) groups is 1. The van der Waals surface area contributed by atoms with Crippen LogP contribution < -0.4 is 11.3 Å². The number of nitrogens with two attached hydrogens (primary N) is 1. The number of carboxylic acids is 1. The minimum atomic E-state index is -0.954. The number of aryl methyl sites for hydroxylation is 2. The van der Waals surface area contributed by atoms with Crippen molar-refractivity contribution in [2.75, 3.05) is 5.73 Å². The van der Waals surface area contributed by atoms with E-state index < -0.39 is 5.97 Å². The zero-order chi connectivity index (χ0) is 18.7. The van der Waals surface area contributed by atoms with Gasteiger partial charge < -0.3 is 10.8 Å². The van der Waals surface area contributed by atoms with Crippen molar-refractivity contribution in [3.05, 3.63) is 81.3 Å². The average Bonchev–Trinajstić information content (AvgIpc) is 2.63. The van der Waals surface area contributed by atoms with Crippen molar-refractivity contribution in [3.8, 4) is 11.1 Å². The van der Waals surface area contributed by atoms with Crippen LogP contribution in [0.3, 0.4) is 0 Å². The molecule has 132 valence electrons. The molecule has 0 spiro atoms. The molecule has 0 radical (unpaired) electrons. The van der Waals surface area contributed by atoms with Crippen LogP contribution in [-0.4, -0.2) is 21.0 Å². The molecule has 1 heterocycles. The van der Waals surface area contributed by atoms with Gasteiger partial charge in [-0.15, -0.1) is 0 Å². The summed E-state index contributed by atoms with van der Waals surface area (Å²) in [5.41, 5.74) is 9.44. The van der Waals surface area contributed by atoms with Gasteiger partial charge in [0.15, 0.2) is 0 Å². The molecule has 26 heavy (non-hydrogen) atoms. The van der Waals surface area contributed by atoms with E-state index in [4.69, 9.17) is 5.73 Å². The number of nitrogens with zero attached hydrogens (tertiary/aromatic N) is 1. The Kier molecular flexibility index (Phi) is 4.84. The van der Waals surface area contributed by atoms with Gasteiger partial charge in [-0.05, 0) is 42.5 Å². The normalized spacial score (nSPS) is 10.7. The number of H-pyrrole nitrogens is 1. The van der Waals surface area contributed by atoms with E-state index in [1.165, 1.54) is 0 Å². The van der Waals surface area contributed by atoms with E-state index >= 15 is 0 Å². The van der Waals surface area contributed by atoms with Crippen LogP contribution in [0.5, 0.6) is 0 Å². The molecule has 0 atom stereocenters. The summed E-state index contributed by atoms with van der Waals surface area (Å²) >= 11 is 0. The maximum absolute atomic E-state index is 11.8. The molecule has 3 rings (SSSR count). The zero-order valence-electron chi connectivity index (χ0n) is 14.3. The molecular weight excluding hydrogens is 330 g/mol. The summed E-state index contributed by atoms with van der Waals surface area (Å²) in [5.74, 6) is -0.843. The number of anilines is 1. The number of nitrogens with one attached hydrogen (secondary N) is 1. The second-order valence-electron chi connectivity index (χ2n) is 6.07. The maximum Gasteiger partial charge on any atom is 0.336 e. The topological polar surface area (TPSA) is 109 Å². The molecule has 0 amide bonds. The first kappa shape index (κ1) is 17.4. The second kappa shape index (κ2) is 7.23. The molecule has 0 aliphatic heterocycles. The standard InChI is InChI=1S/C20H19N3O3/c1-12-17(22-20(21)23-18(12)24)10-9-13-5-4-6-14(11-13)15-7-2-3-8-16(15)19(25)26/h2-8,11H,9-10H2,1H3,(H,25,26)(H3,21,22,23,24). The molecule has 0 unspecified atom stereocenters. The Balaban J connectivity index is 1.88. The van der Waals surface area contributed by atoms with Crippen LogP contribution in [0.2, 0.25) is 0 Å². The van der Waals surface area contributed by atoms with E-state index in [0.29, 0.717) is 29.7 Å². The van der Waals surface area contributed by atoms with Crippen molar-refractivity contribution >= 4 is 11.9 Å². The molecule has 1 aromatic heterocycles. The van der Waals surface area contributed by atoms with E-state index in [-0.39, 0.29) is 17.1 Å². The highest BCUT2D eigenvalue weighted by Crippen LogP contribution is 2.25. The molecule has 3 aromatic rings. The number of carboxylic acid groups (broad SMARTS) is 1. The van der Waals surface area contributed by atoms with E-state index in [0.717, 1.165) is 11.1 Å². The van der Waals surface area contributed by atoms with Gasteiger partial charge in [-0.25, -0.2) is 9.78 Å². The fraction of sp³-hybridized carbons (Fsp3) is 0.150. The Morgan fingerprint density at radius 3 is 2.69 bits per heavy atom. The fourth-order valence-electron chi connectivity index (χ4n) is 2.92. The van der Waals surface area contributed by atoms with Gasteiger partial charge in [-0.3, -0.25) is 9.78 Å². The summed E-state index contributed by atoms with van der Waals surface area (Å²) in [4.78, 5) is 29.9. The number of rotatable bonds is 5. The minimum absolute atomic E-state index is 0.111. The third-order valence-corrected chi connectivity index (χ3v) is 4.32. The minimum Gasteiger partial charge on any atom is -0.478 e. The zero-order valence-corrected chi connectivity index (χ0v) is 14.3. The van der Waals surface area contributed by atoms with Gasteiger partial charge in [-0.1, -0.05) is 42.5 Å². The molecule has 0 saturated heterocycles. The van der Waals surface area contributed by atoms with Crippen LogP contribution in [0.15, 0.2) is 53.3 Å². The van der Waals surface area contributed by atoms with Crippen LogP contribution in [-0.2, 0) is 12.8 Å². The molecule has 4 N–H and O–H groups in total. The van der Waals surface area contributed by atoms with Gasteiger partial charge in [0.25, 0.3) is 5.56 Å². The third kappa shape index (κ3) is 3.64. The molecule has 0 fully saturated rings. The first-order valence-corrected chi connectivity index (χ1v) is 8.22. The highest BCUT2D eigenvalue weighted by atomic mass is 16.4. The number of benzene rings is 2. The Labute approximate surface area is 150 Å². The predicted octanol–water partition coefficient (Wildman–Crippen LogP) is 2.81. The third-order valence-electron chi connectivity index (χ3n) is 4.32. The van der Waals surface area contributed by atoms with Crippen LogP contribution >= 0.6 is 0 Å². The first-order valence-electron chi connectivity index (χ1n) is 8.22. The largest absolute Gasteiger partial charge is 0.478 e. The molecule has 2 aromatic carbocycles. The van der Waals surface area contributed by atoms with Crippen molar-refractivity contribution in [1.29, 1.82) is 0 Å². The smallest absolute Gasteiger partial charge is 0.336 e. The SMILES string of the molecule is Cc1c(CCc2cccc(-c3ccccc3C(=O)O)c2)nc(N)[nH]c1=O. The van der Waals surface area contributed by atoms with Crippen molar-refractivity contribution in [3.63, 3.8) is 0 Å². The number of aromatic nitrogens is 2. The van der Waals surface area contributed by atoms with Gasteiger partial charge in [-0.2, -0.15) is 0 Å². The average molecular weight is 349 g/mol. The van der Waals surface area contributed by atoms with E-state index in [9.17, 15) is 14.7 Å². The Morgan fingerprint density at radius 2 is 1.92 bits per heavy atom. The molecule has 6 nitrogen and oxygen atoms in total. The Hall–Kier alpha value is -3.41. The molecule has 0 aliphatic carbocycles. The highest BCUT2D eigenvalue weighted by molar-refractivity contribution is 5.96. The monoisotopic (exact) mass is 349 g/mol. The molecule has 0 saturated carbocycles. The van der Waals surface area contributed by atoms with Crippen molar-refractivity contribution in [2.24, 2.45) is 0 Å². The molecular formula is C20H19N3O3. The highest BCUT2D eigenvalue weighted by Gasteiger charge is 2.11. The van der Waals surface area contributed by atoms with Gasteiger partial charge in [0.05, 0.1) is 11.3 Å². The Morgan fingerprint density at radius 1 is 1.15 bits per heavy atom. The van der Waals surface area contributed by atoms with Gasteiger partial charge in [0.1, 0.15) is 0 Å². The van der Waals surface area contributed by atoms with Crippen molar-refractivity contribution < 1.29 is 9.90 Å².